The van der Waals surface area contributed by atoms with Crippen LogP contribution in [0.25, 0.3) is 0 Å². The second-order valence-electron chi connectivity index (χ2n) is 8.96. The molecule has 3 heterocycles. The predicted octanol–water partition coefficient (Wildman–Crippen LogP) is 3.70. The van der Waals surface area contributed by atoms with E-state index in [2.05, 4.69) is 9.88 Å². The lowest BCUT2D eigenvalue weighted by Gasteiger charge is -2.36. The standard InChI is InChI=1S/C26H33N3O4/c1-19(30)25-23(31)10-6-11-24(25)33-18-20-8-2-3-16-29(20)26(32)21-9-7-13-27-22(21)12-17-28-14-4-5-15-28/h6-7,9-11,13,20,31H,2-5,8,12,14-18H2,1H3/t20-/m0/s1. The van der Waals surface area contributed by atoms with Gasteiger partial charge in [-0.15, -0.1) is 0 Å². The first-order valence-electron chi connectivity index (χ1n) is 12.0. The van der Waals surface area contributed by atoms with Gasteiger partial charge in [-0.25, -0.2) is 0 Å². The van der Waals surface area contributed by atoms with Crippen molar-refractivity contribution in [2.75, 3.05) is 32.8 Å². The maximum absolute atomic E-state index is 13.6. The first-order valence-corrected chi connectivity index (χ1v) is 12.0. The summed E-state index contributed by atoms with van der Waals surface area (Å²) in [6.45, 7) is 5.53. The molecule has 7 heteroatoms. The zero-order valence-corrected chi connectivity index (χ0v) is 19.3. The van der Waals surface area contributed by atoms with Gasteiger partial charge in [0.15, 0.2) is 5.78 Å². The topological polar surface area (TPSA) is 83.0 Å². The monoisotopic (exact) mass is 451 g/mol. The van der Waals surface area contributed by atoms with Crippen molar-refractivity contribution < 1.29 is 19.4 Å². The molecule has 1 aromatic carbocycles. The van der Waals surface area contributed by atoms with Crippen LogP contribution in [0.1, 0.15) is 65.4 Å². The van der Waals surface area contributed by atoms with Gasteiger partial charge in [0, 0.05) is 25.7 Å². The number of benzene rings is 1. The van der Waals surface area contributed by atoms with Crippen molar-refractivity contribution in [1.82, 2.24) is 14.8 Å². The maximum Gasteiger partial charge on any atom is 0.256 e. The molecule has 0 spiro atoms. The van der Waals surface area contributed by atoms with Gasteiger partial charge in [-0.2, -0.15) is 0 Å². The fraction of sp³-hybridized carbons (Fsp3) is 0.500. The van der Waals surface area contributed by atoms with Crippen LogP contribution in [0.2, 0.25) is 0 Å². The van der Waals surface area contributed by atoms with E-state index in [1.54, 1.807) is 18.3 Å². The van der Waals surface area contributed by atoms with E-state index in [9.17, 15) is 14.7 Å². The Labute approximate surface area is 195 Å². The van der Waals surface area contributed by atoms with E-state index >= 15 is 0 Å². The summed E-state index contributed by atoms with van der Waals surface area (Å²) >= 11 is 0. The molecule has 2 fully saturated rings. The molecule has 33 heavy (non-hydrogen) atoms. The Morgan fingerprint density at radius 2 is 1.88 bits per heavy atom. The van der Waals surface area contributed by atoms with Crippen LogP contribution in [-0.4, -0.2) is 70.4 Å². The van der Waals surface area contributed by atoms with Gasteiger partial charge in [-0.1, -0.05) is 6.07 Å². The molecule has 0 radical (unpaired) electrons. The highest BCUT2D eigenvalue weighted by molar-refractivity contribution is 5.99. The number of likely N-dealkylation sites (tertiary alicyclic amines) is 2. The van der Waals surface area contributed by atoms with Crippen LogP contribution >= 0.6 is 0 Å². The molecule has 0 unspecified atom stereocenters. The maximum atomic E-state index is 13.6. The SMILES string of the molecule is CC(=O)c1c(O)cccc1OC[C@@H]1CCCCN1C(=O)c1cccnc1CCN1CCCC1. The molecule has 2 saturated heterocycles. The van der Waals surface area contributed by atoms with Crippen LogP contribution in [0, 0.1) is 0 Å². The fourth-order valence-electron chi connectivity index (χ4n) is 4.88. The second kappa shape index (κ2) is 10.8. The summed E-state index contributed by atoms with van der Waals surface area (Å²) in [5.41, 5.74) is 1.71. The van der Waals surface area contributed by atoms with Crippen molar-refractivity contribution in [3.05, 3.63) is 53.3 Å². The van der Waals surface area contributed by atoms with E-state index in [4.69, 9.17) is 4.74 Å². The minimum atomic E-state index is -0.252. The highest BCUT2D eigenvalue weighted by atomic mass is 16.5. The van der Waals surface area contributed by atoms with Crippen molar-refractivity contribution in [2.45, 2.75) is 51.5 Å². The number of carbonyl (C=O) groups is 2. The number of nitrogens with zero attached hydrogens (tertiary/aromatic N) is 3. The molecular formula is C26H33N3O4. The summed E-state index contributed by atoms with van der Waals surface area (Å²) in [5.74, 6) is 0.0101. The number of rotatable bonds is 8. The Kier molecular flexibility index (Phi) is 7.60. The lowest BCUT2D eigenvalue weighted by Crippen LogP contribution is -2.47. The molecule has 176 valence electrons. The van der Waals surface area contributed by atoms with Crippen LogP contribution in [0.3, 0.4) is 0 Å². The summed E-state index contributed by atoms with van der Waals surface area (Å²) in [6, 6.07) is 8.43. The number of phenolic OH excluding ortho intramolecular Hbond substituents is 1. The molecule has 1 atom stereocenters. The van der Waals surface area contributed by atoms with Crippen LogP contribution in [0.4, 0.5) is 0 Å². The number of hydrogen-bond donors (Lipinski definition) is 1. The number of hydrogen-bond acceptors (Lipinski definition) is 6. The Balaban J connectivity index is 1.47. The highest BCUT2D eigenvalue weighted by Crippen LogP contribution is 2.29. The van der Waals surface area contributed by atoms with E-state index in [1.807, 2.05) is 17.0 Å². The van der Waals surface area contributed by atoms with E-state index < -0.39 is 0 Å². The lowest BCUT2D eigenvalue weighted by molar-refractivity contribution is 0.0524. The summed E-state index contributed by atoms with van der Waals surface area (Å²) < 4.78 is 5.98. The highest BCUT2D eigenvalue weighted by Gasteiger charge is 2.30. The first kappa shape index (κ1) is 23.2. The number of pyridine rings is 1. The summed E-state index contributed by atoms with van der Waals surface area (Å²) in [7, 11) is 0. The molecular weight excluding hydrogens is 418 g/mol. The predicted molar refractivity (Wildman–Crippen MR) is 126 cm³/mol. The van der Waals surface area contributed by atoms with Crippen LogP contribution in [0.5, 0.6) is 11.5 Å². The zero-order valence-electron chi connectivity index (χ0n) is 19.3. The molecule has 2 aliphatic rings. The quantitative estimate of drug-likeness (QED) is 0.616. The summed E-state index contributed by atoms with van der Waals surface area (Å²) in [4.78, 5) is 34.4. The molecule has 0 saturated carbocycles. The Morgan fingerprint density at radius 1 is 1.09 bits per heavy atom. The summed E-state index contributed by atoms with van der Waals surface area (Å²) in [5, 5.41) is 10.1. The van der Waals surface area contributed by atoms with Gasteiger partial charge in [0.05, 0.1) is 17.3 Å². The van der Waals surface area contributed by atoms with E-state index in [1.165, 1.54) is 25.8 Å². The minimum Gasteiger partial charge on any atom is -0.507 e. The van der Waals surface area contributed by atoms with Gasteiger partial charge in [-0.05, 0) is 76.4 Å². The number of ether oxygens (including phenoxy) is 1. The minimum absolute atomic E-state index is 0.00415. The number of carbonyl (C=O) groups excluding carboxylic acids is 2. The molecule has 1 amide bonds. The number of piperidine rings is 1. The fourth-order valence-corrected chi connectivity index (χ4v) is 4.88. The number of phenols is 1. The smallest absolute Gasteiger partial charge is 0.256 e. The molecule has 2 aromatic rings. The third-order valence-electron chi connectivity index (χ3n) is 6.66. The van der Waals surface area contributed by atoms with E-state index in [-0.39, 0.29) is 35.7 Å². The van der Waals surface area contributed by atoms with Crippen LogP contribution < -0.4 is 4.74 Å². The van der Waals surface area contributed by atoms with Crippen LogP contribution in [0.15, 0.2) is 36.5 Å². The molecule has 7 nitrogen and oxygen atoms in total. The van der Waals surface area contributed by atoms with Gasteiger partial charge >= 0.3 is 0 Å². The van der Waals surface area contributed by atoms with Gasteiger partial charge in [0.1, 0.15) is 23.7 Å². The average molecular weight is 452 g/mol. The molecule has 1 N–H and O–H groups in total. The van der Waals surface area contributed by atoms with Gasteiger partial charge < -0.3 is 19.6 Å². The van der Waals surface area contributed by atoms with Gasteiger partial charge in [-0.3, -0.25) is 14.6 Å². The van der Waals surface area contributed by atoms with Crippen LogP contribution in [-0.2, 0) is 6.42 Å². The molecule has 2 aliphatic heterocycles. The molecule has 1 aromatic heterocycles. The largest absolute Gasteiger partial charge is 0.507 e. The average Bonchev–Trinajstić information content (AvgIpc) is 3.35. The number of amides is 1. The third-order valence-corrected chi connectivity index (χ3v) is 6.66. The van der Waals surface area contributed by atoms with Crippen molar-refractivity contribution in [3.8, 4) is 11.5 Å². The van der Waals surface area contributed by atoms with Crippen molar-refractivity contribution in [1.29, 1.82) is 0 Å². The van der Waals surface area contributed by atoms with E-state index in [0.717, 1.165) is 51.0 Å². The normalized spacial score (nSPS) is 18.9. The number of aromatic hydroxyl groups is 1. The van der Waals surface area contributed by atoms with Crippen molar-refractivity contribution in [2.24, 2.45) is 0 Å². The number of ketones is 1. The molecule has 0 bridgehead atoms. The Morgan fingerprint density at radius 3 is 2.67 bits per heavy atom. The lowest BCUT2D eigenvalue weighted by atomic mass is 10.00. The summed E-state index contributed by atoms with van der Waals surface area (Å²) in [6.07, 6.45) is 7.83. The van der Waals surface area contributed by atoms with E-state index in [0.29, 0.717) is 17.9 Å². The Hall–Kier alpha value is -2.93. The van der Waals surface area contributed by atoms with Crippen molar-refractivity contribution >= 4 is 11.7 Å². The van der Waals surface area contributed by atoms with Gasteiger partial charge in [0.2, 0.25) is 0 Å². The second-order valence-corrected chi connectivity index (χ2v) is 8.96. The zero-order chi connectivity index (χ0) is 23.2. The Bertz CT molecular complexity index is 987. The third kappa shape index (κ3) is 5.53. The number of Topliss-reactive ketones (excluding diaryl/α,β-unsaturated/α-hetero) is 1. The molecule has 0 aliphatic carbocycles. The molecule has 4 rings (SSSR count). The van der Waals surface area contributed by atoms with Gasteiger partial charge in [0.25, 0.3) is 5.91 Å². The number of aromatic nitrogens is 1. The first-order chi connectivity index (χ1) is 16.0. The van der Waals surface area contributed by atoms with Crippen molar-refractivity contribution in [3.63, 3.8) is 0 Å².